The van der Waals surface area contributed by atoms with Crippen molar-refractivity contribution in [2.24, 2.45) is 5.92 Å². The van der Waals surface area contributed by atoms with Crippen molar-refractivity contribution < 1.29 is 13.7 Å². The Bertz CT molecular complexity index is 1100. The van der Waals surface area contributed by atoms with Crippen molar-refractivity contribution in [3.8, 4) is 11.4 Å². The number of aromatic nitrogens is 2. The summed E-state index contributed by atoms with van der Waals surface area (Å²) < 4.78 is 19.4. The number of piperidine rings is 1. The summed E-state index contributed by atoms with van der Waals surface area (Å²) >= 11 is 5.83. The molecule has 1 aliphatic heterocycles. The Labute approximate surface area is 192 Å². The Morgan fingerprint density at radius 3 is 2.75 bits per heavy atom. The van der Waals surface area contributed by atoms with Gasteiger partial charge in [0.1, 0.15) is 5.82 Å². The quantitative estimate of drug-likeness (QED) is 0.537. The van der Waals surface area contributed by atoms with Gasteiger partial charge in [0, 0.05) is 35.7 Å². The minimum atomic E-state index is -0.292. The van der Waals surface area contributed by atoms with E-state index in [-0.39, 0.29) is 24.2 Å². The predicted octanol–water partition coefficient (Wildman–Crippen LogP) is 4.71. The van der Waals surface area contributed by atoms with Gasteiger partial charge in [0.15, 0.2) is 0 Å². The van der Waals surface area contributed by atoms with Crippen LogP contribution < -0.4 is 0 Å². The second-order valence-electron chi connectivity index (χ2n) is 8.36. The number of likely N-dealkylation sites (tertiary alicyclic amines) is 1. The molecule has 8 heteroatoms. The third kappa shape index (κ3) is 5.34. The molecule has 0 atom stereocenters. The second kappa shape index (κ2) is 9.79. The lowest BCUT2D eigenvalue weighted by atomic mass is 9.95. The number of hydrogen-bond donors (Lipinski definition) is 0. The molecule has 1 fully saturated rings. The molecule has 32 heavy (non-hydrogen) atoms. The van der Waals surface area contributed by atoms with Crippen LogP contribution in [0, 0.1) is 18.7 Å². The third-order valence-electron chi connectivity index (χ3n) is 5.84. The molecule has 0 unspecified atom stereocenters. The van der Waals surface area contributed by atoms with E-state index in [4.69, 9.17) is 16.1 Å². The number of aryl methyl sites for hydroxylation is 1. The van der Waals surface area contributed by atoms with Crippen LogP contribution >= 0.6 is 11.6 Å². The molecule has 1 aliphatic rings. The maximum Gasteiger partial charge on any atom is 0.246 e. The standard InChI is InChI=1S/C24H26ClFN4O2/c1-16-4-3-5-18(12-16)23-27-22(32-28-23)15-29(2)24(31)17-8-10-30(11-9-17)14-19-6-7-20(25)13-21(19)26/h3-7,12-13,17H,8-11,14-15H2,1-2H3. The average Bonchev–Trinajstić information content (AvgIpc) is 3.24. The van der Waals surface area contributed by atoms with Crippen molar-refractivity contribution in [1.82, 2.24) is 19.9 Å². The summed E-state index contributed by atoms with van der Waals surface area (Å²) in [6.45, 7) is 4.28. The highest BCUT2D eigenvalue weighted by Crippen LogP contribution is 2.24. The maximum absolute atomic E-state index is 14.1. The smallest absolute Gasteiger partial charge is 0.246 e. The number of carbonyl (C=O) groups excluding carboxylic acids is 1. The molecule has 168 valence electrons. The van der Waals surface area contributed by atoms with Crippen LogP contribution in [-0.4, -0.2) is 46.0 Å². The normalized spacial score (nSPS) is 15.1. The molecule has 4 rings (SSSR count). The van der Waals surface area contributed by atoms with Crippen LogP contribution in [0.15, 0.2) is 47.0 Å². The van der Waals surface area contributed by atoms with Gasteiger partial charge < -0.3 is 9.42 Å². The monoisotopic (exact) mass is 456 g/mol. The number of benzene rings is 2. The van der Waals surface area contributed by atoms with Gasteiger partial charge in [-0.05, 0) is 51.1 Å². The summed E-state index contributed by atoms with van der Waals surface area (Å²) in [6, 6.07) is 12.6. The summed E-state index contributed by atoms with van der Waals surface area (Å²) in [5.74, 6) is 0.642. The highest BCUT2D eigenvalue weighted by atomic mass is 35.5. The number of amides is 1. The van der Waals surface area contributed by atoms with Crippen LogP contribution in [0.5, 0.6) is 0 Å². The number of nitrogens with zero attached hydrogens (tertiary/aromatic N) is 4. The summed E-state index contributed by atoms with van der Waals surface area (Å²) in [5.41, 5.74) is 2.63. The Balaban J connectivity index is 1.29. The molecule has 0 N–H and O–H groups in total. The minimum absolute atomic E-state index is 0.0644. The Hall–Kier alpha value is -2.77. The van der Waals surface area contributed by atoms with Crippen molar-refractivity contribution in [3.63, 3.8) is 0 Å². The van der Waals surface area contributed by atoms with Gasteiger partial charge in [0.25, 0.3) is 0 Å². The fraction of sp³-hybridized carbons (Fsp3) is 0.375. The van der Waals surface area contributed by atoms with Crippen LogP contribution in [0.4, 0.5) is 4.39 Å². The number of halogens is 2. The van der Waals surface area contributed by atoms with E-state index >= 15 is 0 Å². The van der Waals surface area contributed by atoms with E-state index in [0.717, 1.165) is 37.1 Å². The van der Waals surface area contributed by atoms with Crippen molar-refractivity contribution >= 4 is 17.5 Å². The van der Waals surface area contributed by atoms with E-state index in [2.05, 4.69) is 15.0 Å². The summed E-state index contributed by atoms with van der Waals surface area (Å²) in [4.78, 5) is 21.2. The first-order valence-corrected chi connectivity index (χ1v) is 11.1. The van der Waals surface area contributed by atoms with Crippen LogP contribution in [0.3, 0.4) is 0 Å². The largest absolute Gasteiger partial charge is 0.337 e. The molecule has 2 aromatic carbocycles. The van der Waals surface area contributed by atoms with Gasteiger partial charge in [0.05, 0.1) is 6.54 Å². The summed E-state index contributed by atoms with van der Waals surface area (Å²) in [6.07, 6.45) is 1.47. The fourth-order valence-electron chi connectivity index (χ4n) is 4.04. The summed E-state index contributed by atoms with van der Waals surface area (Å²) in [5, 5.41) is 4.44. The maximum atomic E-state index is 14.1. The number of carbonyl (C=O) groups is 1. The molecule has 6 nitrogen and oxygen atoms in total. The molecular weight excluding hydrogens is 431 g/mol. The van der Waals surface area contributed by atoms with Crippen molar-refractivity contribution in [3.05, 3.63) is 70.3 Å². The van der Waals surface area contributed by atoms with E-state index in [1.165, 1.54) is 6.07 Å². The van der Waals surface area contributed by atoms with Crippen LogP contribution in [0.1, 0.15) is 29.9 Å². The van der Waals surface area contributed by atoms with Gasteiger partial charge in [-0.2, -0.15) is 4.98 Å². The Morgan fingerprint density at radius 2 is 2.03 bits per heavy atom. The molecule has 1 aromatic heterocycles. The molecule has 1 saturated heterocycles. The first-order valence-electron chi connectivity index (χ1n) is 10.7. The van der Waals surface area contributed by atoms with E-state index in [9.17, 15) is 9.18 Å². The van der Waals surface area contributed by atoms with Crippen LogP contribution in [0.2, 0.25) is 5.02 Å². The molecular formula is C24H26ClFN4O2. The zero-order valence-corrected chi connectivity index (χ0v) is 19.0. The molecule has 0 aliphatic carbocycles. The van der Waals surface area contributed by atoms with Crippen molar-refractivity contribution in [2.45, 2.75) is 32.9 Å². The van der Waals surface area contributed by atoms with Gasteiger partial charge in [-0.25, -0.2) is 4.39 Å². The van der Waals surface area contributed by atoms with Gasteiger partial charge in [0.2, 0.25) is 17.6 Å². The average molecular weight is 457 g/mol. The van der Waals surface area contributed by atoms with Gasteiger partial charge in [-0.15, -0.1) is 0 Å². The molecule has 3 aromatic rings. The molecule has 0 radical (unpaired) electrons. The first kappa shape index (κ1) is 22.4. The topological polar surface area (TPSA) is 62.5 Å². The zero-order valence-electron chi connectivity index (χ0n) is 18.2. The van der Waals surface area contributed by atoms with Crippen molar-refractivity contribution in [1.29, 1.82) is 0 Å². The predicted molar refractivity (Wildman–Crippen MR) is 120 cm³/mol. The Kier molecular flexibility index (Phi) is 6.86. The molecule has 0 bridgehead atoms. The minimum Gasteiger partial charge on any atom is -0.337 e. The zero-order chi connectivity index (χ0) is 22.7. The first-order chi connectivity index (χ1) is 15.4. The lowest BCUT2D eigenvalue weighted by molar-refractivity contribution is -0.136. The molecule has 0 saturated carbocycles. The number of rotatable bonds is 6. The van der Waals surface area contributed by atoms with Crippen LogP contribution in [-0.2, 0) is 17.9 Å². The fourth-order valence-corrected chi connectivity index (χ4v) is 4.20. The highest BCUT2D eigenvalue weighted by Gasteiger charge is 2.28. The van der Waals surface area contributed by atoms with E-state index < -0.39 is 0 Å². The molecule has 2 heterocycles. The van der Waals surface area contributed by atoms with E-state index in [1.807, 2.05) is 31.2 Å². The highest BCUT2D eigenvalue weighted by molar-refractivity contribution is 6.30. The lowest BCUT2D eigenvalue weighted by Crippen LogP contribution is -2.40. The molecule has 1 amide bonds. The Morgan fingerprint density at radius 1 is 1.25 bits per heavy atom. The third-order valence-corrected chi connectivity index (χ3v) is 6.07. The van der Waals surface area contributed by atoms with Gasteiger partial charge in [-0.3, -0.25) is 9.69 Å². The van der Waals surface area contributed by atoms with Crippen LogP contribution in [0.25, 0.3) is 11.4 Å². The van der Waals surface area contributed by atoms with Gasteiger partial charge >= 0.3 is 0 Å². The van der Waals surface area contributed by atoms with Crippen molar-refractivity contribution in [2.75, 3.05) is 20.1 Å². The molecule has 0 spiro atoms. The SMILES string of the molecule is Cc1cccc(-c2noc(CN(C)C(=O)C3CCN(Cc4ccc(Cl)cc4F)CC3)n2)c1. The number of hydrogen-bond acceptors (Lipinski definition) is 5. The van der Waals surface area contributed by atoms with Gasteiger partial charge in [-0.1, -0.05) is 46.6 Å². The summed E-state index contributed by atoms with van der Waals surface area (Å²) in [7, 11) is 1.76. The second-order valence-corrected chi connectivity index (χ2v) is 8.80. The lowest BCUT2D eigenvalue weighted by Gasteiger charge is -2.33. The van der Waals surface area contributed by atoms with E-state index in [1.54, 1.807) is 24.1 Å². The van der Waals surface area contributed by atoms with E-state index in [0.29, 0.717) is 28.8 Å².